The fraction of sp³-hybridized carbons (Fsp3) is 0.222. The minimum Gasteiger partial charge on any atom is -0.342 e. The van der Waals surface area contributed by atoms with Crippen molar-refractivity contribution in [3.8, 4) is 0 Å². The predicted octanol–water partition coefficient (Wildman–Crippen LogP) is 5.09. The Bertz CT molecular complexity index is 1320. The van der Waals surface area contributed by atoms with Gasteiger partial charge in [0.15, 0.2) is 0 Å². The van der Waals surface area contributed by atoms with Crippen LogP contribution in [0, 0.1) is 20.8 Å². The van der Waals surface area contributed by atoms with Crippen LogP contribution in [-0.2, 0) is 11.3 Å². The molecule has 0 saturated heterocycles. The van der Waals surface area contributed by atoms with E-state index in [9.17, 15) is 9.59 Å². The zero-order valence-corrected chi connectivity index (χ0v) is 19.3. The number of hydrogen-bond donors (Lipinski definition) is 2. The van der Waals surface area contributed by atoms with Crippen molar-refractivity contribution in [2.75, 3.05) is 5.32 Å². The summed E-state index contributed by atoms with van der Waals surface area (Å²) in [4.78, 5) is 30.5. The van der Waals surface area contributed by atoms with E-state index in [1.165, 1.54) is 0 Å². The van der Waals surface area contributed by atoms with Crippen molar-refractivity contribution >= 4 is 28.5 Å². The fourth-order valence-corrected chi connectivity index (χ4v) is 3.93. The molecule has 0 spiro atoms. The number of para-hydroxylation sites is 2. The van der Waals surface area contributed by atoms with E-state index < -0.39 is 0 Å². The third-order valence-electron chi connectivity index (χ3n) is 5.69. The van der Waals surface area contributed by atoms with Gasteiger partial charge in [-0.25, -0.2) is 4.98 Å². The zero-order valence-electron chi connectivity index (χ0n) is 19.3. The number of benzene rings is 3. The second-order valence-electron chi connectivity index (χ2n) is 8.47. The number of aryl methyl sites for hydroxylation is 3. The first-order chi connectivity index (χ1) is 15.8. The lowest BCUT2D eigenvalue weighted by atomic mass is 10.1. The highest BCUT2D eigenvalue weighted by Crippen LogP contribution is 2.22. The van der Waals surface area contributed by atoms with Crippen LogP contribution in [0.5, 0.6) is 0 Å². The first-order valence-corrected chi connectivity index (χ1v) is 11.0. The van der Waals surface area contributed by atoms with Gasteiger partial charge >= 0.3 is 0 Å². The molecule has 0 aliphatic rings. The van der Waals surface area contributed by atoms with Crippen LogP contribution in [-0.4, -0.2) is 21.4 Å². The second kappa shape index (κ2) is 9.28. The standard InChI is InChI=1S/C27H28N4O2/c1-17-9-12-21(13-10-17)27(33)28-20(4)26-30-23-7-5-6-8-24(23)31(26)16-25(32)29-22-14-11-18(2)15-19(22)3/h5-15,20H,16H2,1-4H3,(H,28,33)(H,29,32). The van der Waals surface area contributed by atoms with E-state index in [-0.39, 0.29) is 24.4 Å². The van der Waals surface area contributed by atoms with Gasteiger partial charge < -0.3 is 15.2 Å². The molecule has 2 N–H and O–H groups in total. The van der Waals surface area contributed by atoms with Crippen LogP contribution in [0.2, 0.25) is 0 Å². The highest BCUT2D eigenvalue weighted by atomic mass is 16.2. The van der Waals surface area contributed by atoms with Crippen LogP contribution in [0.15, 0.2) is 66.7 Å². The van der Waals surface area contributed by atoms with Gasteiger partial charge in [-0.05, 0) is 63.6 Å². The van der Waals surface area contributed by atoms with Gasteiger partial charge in [-0.15, -0.1) is 0 Å². The Morgan fingerprint density at radius 1 is 0.939 bits per heavy atom. The molecule has 33 heavy (non-hydrogen) atoms. The Labute approximate surface area is 193 Å². The van der Waals surface area contributed by atoms with Gasteiger partial charge in [-0.3, -0.25) is 9.59 Å². The SMILES string of the molecule is Cc1ccc(C(=O)NC(C)c2nc3ccccc3n2CC(=O)Nc2ccc(C)cc2C)cc1. The number of aromatic nitrogens is 2. The van der Waals surface area contributed by atoms with Crippen molar-refractivity contribution in [1.29, 1.82) is 0 Å². The average Bonchev–Trinajstić information content (AvgIpc) is 3.14. The highest BCUT2D eigenvalue weighted by molar-refractivity contribution is 5.95. The number of fused-ring (bicyclic) bond motifs is 1. The number of nitrogens with one attached hydrogen (secondary N) is 2. The summed E-state index contributed by atoms with van der Waals surface area (Å²) in [6, 6.07) is 20.6. The fourth-order valence-electron chi connectivity index (χ4n) is 3.93. The maximum absolute atomic E-state index is 13.0. The smallest absolute Gasteiger partial charge is 0.251 e. The summed E-state index contributed by atoms with van der Waals surface area (Å²) in [5.74, 6) is 0.302. The Balaban J connectivity index is 1.59. The van der Waals surface area contributed by atoms with E-state index in [1.807, 2.05) is 86.9 Å². The van der Waals surface area contributed by atoms with E-state index >= 15 is 0 Å². The van der Waals surface area contributed by atoms with Crippen LogP contribution < -0.4 is 10.6 Å². The number of carbonyl (C=O) groups is 2. The molecule has 0 fully saturated rings. The number of amides is 2. The first kappa shape index (κ1) is 22.3. The van der Waals surface area contributed by atoms with E-state index in [4.69, 9.17) is 4.98 Å². The number of hydrogen-bond acceptors (Lipinski definition) is 3. The molecule has 0 bridgehead atoms. The van der Waals surface area contributed by atoms with Gasteiger partial charge in [-0.2, -0.15) is 0 Å². The molecule has 1 atom stereocenters. The summed E-state index contributed by atoms with van der Waals surface area (Å²) >= 11 is 0. The quantitative estimate of drug-likeness (QED) is 0.438. The van der Waals surface area contributed by atoms with Crippen LogP contribution in [0.4, 0.5) is 5.69 Å². The molecule has 4 aromatic rings. The topological polar surface area (TPSA) is 76.0 Å². The van der Waals surface area contributed by atoms with Crippen molar-refractivity contribution in [1.82, 2.24) is 14.9 Å². The molecule has 6 nitrogen and oxygen atoms in total. The zero-order chi connectivity index (χ0) is 23.5. The van der Waals surface area contributed by atoms with Crippen molar-refractivity contribution < 1.29 is 9.59 Å². The van der Waals surface area contributed by atoms with Crippen LogP contribution >= 0.6 is 0 Å². The number of nitrogens with zero attached hydrogens (tertiary/aromatic N) is 2. The average molecular weight is 441 g/mol. The summed E-state index contributed by atoms with van der Waals surface area (Å²) in [5, 5.41) is 6.02. The number of rotatable bonds is 6. The molecule has 168 valence electrons. The summed E-state index contributed by atoms with van der Waals surface area (Å²) in [7, 11) is 0. The molecule has 3 aromatic carbocycles. The molecule has 0 saturated carbocycles. The Morgan fingerprint density at radius 3 is 2.36 bits per heavy atom. The third-order valence-corrected chi connectivity index (χ3v) is 5.69. The molecule has 4 rings (SSSR count). The van der Waals surface area contributed by atoms with E-state index in [2.05, 4.69) is 10.6 Å². The molecule has 1 heterocycles. The summed E-state index contributed by atoms with van der Waals surface area (Å²) in [6.07, 6.45) is 0. The van der Waals surface area contributed by atoms with Gasteiger partial charge in [0.05, 0.1) is 17.1 Å². The molecule has 1 unspecified atom stereocenters. The van der Waals surface area contributed by atoms with Crippen molar-refractivity contribution in [2.45, 2.75) is 40.3 Å². The lowest BCUT2D eigenvalue weighted by Crippen LogP contribution is -2.30. The molecule has 0 aliphatic carbocycles. The van der Waals surface area contributed by atoms with Gasteiger partial charge in [0, 0.05) is 11.3 Å². The third kappa shape index (κ3) is 4.95. The largest absolute Gasteiger partial charge is 0.342 e. The summed E-state index contributed by atoms with van der Waals surface area (Å²) in [5.41, 5.74) is 6.25. The summed E-state index contributed by atoms with van der Waals surface area (Å²) < 4.78 is 1.87. The minimum atomic E-state index is -0.389. The van der Waals surface area contributed by atoms with Crippen LogP contribution in [0.1, 0.15) is 45.8 Å². The molecule has 1 aromatic heterocycles. The Kier molecular flexibility index (Phi) is 6.27. The first-order valence-electron chi connectivity index (χ1n) is 11.0. The Hall–Kier alpha value is -3.93. The van der Waals surface area contributed by atoms with E-state index in [1.54, 1.807) is 12.1 Å². The van der Waals surface area contributed by atoms with Gasteiger partial charge in [0.2, 0.25) is 5.91 Å². The van der Waals surface area contributed by atoms with Gasteiger partial charge in [-0.1, -0.05) is 47.5 Å². The normalized spacial score (nSPS) is 11.9. The minimum absolute atomic E-state index is 0.0912. The summed E-state index contributed by atoms with van der Waals surface area (Å²) in [6.45, 7) is 7.95. The van der Waals surface area contributed by atoms with Crippen LogP contribution in [0.3, 0.4) is 0 Å². The highest BCUT2D eigenvalue weighted by Gasteiger charge is 2.21. The van der Waals surface area contributed by atoms with Gasteiger partial charge in [0.1, 0.15) is 12.4 Å². The maximum atomic E-state index is 13.0. The van der Waals surface area contributed by atoms with Crippen LogP contribution in [0.25, 0.3) is 11.0 Å². The monoisotopic (exact) mass is 440 g/mol. The van der Waals surface area contributed by atoms with E-state index in [0.29, 0.717) is 11.4 Å². The molecular weight excluding hydrogens is 412 g/mol. The Morgan fingerprint density at radius 2 is 1.64 bits per heavy atom. The van der Waals surface area contributed by atoms with Gasteiger partial charge in [0.25, 0.3) is 5.91 Å². The second-order valence-corrected chi connectivity index (χ2v) is 8.47. The maximum Gasteiger partial charge on any atom is 0.251 e. The number of anilines is 1. The molecular formula is C27H28N4O2. The number of carbonyl (C=O) groups excluding carboxylic acids is 2. The predicted molar refractivity (Wildman–Crippen MR) is 131 cm³/mol. The number of imidazole rings is 1. The molecule has 6 heteroatoms. The lowest BCUT2D eigenvalue weighted by molar-refractivity contribution is -0.116. The van der Waals surface area contributed by atoms with Crippen molar-refractivity contribution in [3.05, 3.63) is 94.8 Å². The molecule has 2 amide bonds. The molecule has 0 radical (unpaired) electrons. The lowest BCUT2D eigenvalue weighted by Gasteiger charge is -2.17. The van der Waals surface area contributed by atoms with Crippen molar-refractivity contribution in [3.63, 3.8) is 0 Å². The van der Waals surface area contributed by atoms with Crippen molar-refractivity contribution in [2.24, 2.45) is 0 Å². The molecule has 0 aliphatic heterocycles. The van der Waals surface area contributed by atoms with E-state index in [0.717, 1.165) is 33.4 Å².